The maximum atomic E-state index is 13.6. The Labute approximate surface area is 228 Å². The number of halogens is 2. The molecule has 1 aliphatic heterocycles. The van der Waals surface area contributed by atoms with E-state index in [9.17, 15) is 9.59 Å². The lowest BCUT2D eigenvalue weighted by atomic mass is 10.0. The van der Waals surface area contributed by atoms with Gasteiger partial charge in [0.2, 0.25) is 6.10 Å². The summed E-state index contributed by atoms with van der Waals surface area (Å²) in [6.45, 7) is 1.24. The van der Waals surface area contributed by atoms with Crippen molar-refractivity contribution >= 4 is 56.9 Å². The number of hydrogen-bond acceptors (Lipinski definition) is 8. The van der Waals surface area contributed by atoms with Crippen molar-refractivity contribution in [3.8, 4) is 0 Å². The number of methoxy groups -OCH3 is 1. The van der Waals surface area contributed by atoms with E-state index in [4.69, 9.17) is 50.2 Å². The van der Waals surface area contributed by atoms with Gasteiger partial charge in [0.25, 0.3) is 0 Å². The number of fused-ring (bicyclic) bond motifs is 1. The van der Waals surface area contributed by atoms with Crippen LogP contribution in [-0.4, -0.2) is 48.0 Å². The van der Waals surface area contributed by atoms with Crippen LogP contribution in [0.3, 0.4) is 0 Å². The van der Waals surface area contributed by atoms with E-state index >= 15 is 0 Å². The molecule has 0 radical (unpaired) electrons. The molecule has 37 heavy (non-hydrogen) atoms. The molecule has 0 aliphatic carbocycles. The fourth-order valence-corrected chi connectivity index (χ4v) is 5.24. The van der Waals surface area contributed by atoms with E-state index in [1.54, 1.807) is 47.7 Å². The van der Waals surface area contributed by atoms with Gasteiger partial charge in [0, 0.05) is 33.6 Å². The van der Waals surface area contributed by atoms with E-state index in [-0.39, 0.29) is 0 Å². The summed E-state index contributed by atoms with van der Waals surface area (Å²) in [5.41, 5.74) is 2.17. The quantitative estimate of drug-likeness (QED) is 0.303. The molecule has 1 aromatic heterocycles. The summed E-state index contributed by atoms with van der Waals surface area (Å²) < 4.78 is 42.3. The number of rotatable bonds is 6. The third kappa shape index (κ3) is 7.99. The molecule has 2 heterocycles. The Bertz CT molecular complexity index is 1350. The summed E-state index contributed by atoms with van der Waals surface area (Å²) in [6, 6.07) is 15.2. The van der Waals surface area contributed by atoms with Crippen molar-refractivity contribution in [1.29, 1.82) is 0 Å². The standard InChI is InChI=1S/C24H21Cl2NO4S.H2O4S/c1-30-24(29)22(17-7-3-5-9-19(17)26)31-23(28)21(16-6-2-4-8-18(16)25)27-12-10-20-15(14-27)11-13-32-20;1-5(2,3)4/h2-9,11,13,21-22H,10,12,14H2,1H3;(H2,1,2,3,4)/t21-,22+;/m1./s1. The molecule has 2 aromatic carbocycles. The van der Waals surface area contributed by atoms with E-state index in [0.717, 1.165) is 6.42 Å². The molecule has 0 spiro atoms. The van der Waals surface area contributed by atoms with Crippen LogP contribution in [0, 0.1) is 0 Å². The number of carbonyl (C=O) groups is 2. The topological polar surface area (TPSA) is 130 Å². The largest absolute Gasteiger partial charge is 0.466 e. The van der Waals surface area contributed by atoms with Gasteiger partial charge in [-0.3, -0.25) is 14.0 Å². The summed E-state index contributed by atoms with van der Waals surface area (Å²) in [5, 5.41) is 2.82. The van der Waals surface area contributed by atoms with Crippen LogP contribution in [0.5, 0.6) is 0 Å². The van der Waals surface area contributed by atoms with Crippen molar-refractivity contribution in [3.63, 3.8) is 0 Å². The zero-order valence-corrected chi connectivity index (χ0v) is 22.6. The molecule has 9 nitrogen and oxygen atoms in total. The second-order valence-corrected chi connectivity index (χ2v) is 10.5. The maximum absolute atomic E-state index is 13.6. The van der Waals surface area contributed by atoms with E-state index < -0.39 is 34.5 Å². The number of nitrogens with zero attached hydrogens (tertiary/aromatic N) is 1. The Hall–Kier alpha value is -2.51. The molecule has 0 bridgehead atoms. The van der Waals surface area contributed by atoms with Gasteiger partial charge in [-0.2, -0.15) is 8.42 Å². The predicted molar refractivity (Wildman–Crippen MR) is 139 cm³/mol. The van der Waals surface area contributed by atoms with Crippen LogP contribution < -0.4 is 0 Å². The zero-order valence-electron chi connectivity index (χ0n) is 19.4. The normalized spacial score (nSPS) is 14.9. The Morgan fingerprint density at radius 1 is 0.973 bits per heavy atom. The number of benzene rings is 2. The molecule has 0 saturated heterocycles. The maximum Gasteiger partial charge on any atom is 0.394 e. The first kappa shape index (κ1) is 29.1. The highest BCUT2D eigenvalue weighted by Gasteiger charge is 2.37. The molecule has 0 saturated carbocycles. The number of esters is 2. The van der Waals surface area contributed by atoms with Gasteiger partial charge in [-0.25, -0.2) is 9.59 Å². The summed E-state index contributed by atoms with van der Waals surface area (Å²) in [4.78, 5) is 29.5. The van der Waals surface area contributed by atoms with Crippen LogP contribution in [0.1, 0.15) is 33.7 Å². The molecular weight excluding hydrogens is 565 g/mol. The van der Waals surface area contributed by atoms with Crippen LogP contribution >= 0.6 is 34.5 Å². The molecule has 0 fully saturated rings. The van der Waals surface area contributed by atoms with Crippen molar-refractivity contribution in [2.24, 2.45) is 0 Å². The van der Waals surface area contributed by atoms with Crippen LogP contribution in [0.2, 0.25) is 10.0 Å². The molecule has 3 aromatic rings. The zero-order chi connectivity index (χ0) is 27.2. The fraction of sp³-hybridized carbons (Fsp3) is 0.250. The monoisotopic (exact) mass is 587 g/mol. The molecule has 0 unspecified atom stereocenters. The smallest absolute Gasteiger partial charge is 0.394 e. The lowest BCUT2D eigenvalue weighted by Gasteiger charge is -2.34. The summed E-state index contributed by atoms with van der Waals surface area (Å²) in [5.74, 6) is -1.30. The number of hydrogen-bond donors (Lipinski definition) is 2. The van der Waals surface area contributed by atoms with E-state index in [0.29, 0.717) is 34.3 Å². The van der Waals surface area contributed by atoms with Crippen LogP contribution in [0.25, 0.3) is 0 Å². The van der Waals surface area contributed by atoms with Gasteiger partial charge in [-0.15, -0.1) is 11.3 Å². The van der Waals surface area contributed by atoms with Crippen molar-refractivity contribution < 1.29 is 36.6 Å². The summed E-state index contributed by atoms with van der Waals surface area (Å²) >= 11 is 14.5. The summed E-state index contributed by atoms with van der Waals surface area (Å²) in [6.07, 6.45) is -0.459. The van der Waals surface area contributed by atoms with Crippen molar-refractivity contribution in [2.75, 3.05) is 13.7 Å². The van der Waals surface area contributed by atoms with Gasteiger partial charge in [0.05, 0.1) is 7.11 Å². The second-order valence-electron chi connectivity index (χ2n) is 7.82. The highest BCUT2D eigenvalue weighted by molar-refractivity contribution is 7.79. The van der Waals surface area contributed by atoms with Gasteiger partial charge in [-0.05, 0) is 41.1 Å². The Kier molecular flexibility index (Phi) is 10.1. The van der Waals surface area contributed by atoms with Gasteiger partial charge in [-0.1, -0.05) is 59.6 Å². The fourth-order valence-electron chi connectivity index (χ4n) is 3.87. The van der Waals surface area contributed by atoms with Crippen molar-refractivity contribution in [3.05, 3.63) is 91.6 Å². The average Bonchev–Trinajstić information content (AvgIpc) is 3.31. The number of thiophene rings is 1. The van der Waals surface area contributed by atoms with Crippen LogP contribution in [0.4, 0.5) is 0 Å². The minimum absolute atomic E-state index is 0.311. The SMILES string of the molecule is COC(=O)[C@@H](OC(=O)[C@@H](c1ccccc1Cl)N1CCc2sccc2C1)c1ccccc1Cl.O=S(=O)(O)O. The molecular formula is C24H23Cl2NO8S2. The molecule has 0 amide bonds. The minimum atomic E-state index is -4.67. The Balaban J connectivity index is 0.000000695. The molecule has 4 rings (SSSR count). The number of ether oxygens (including phenoxy) is 2. The van der Waals surface area contributed by atoms with E-state index in [1.165, 1.54) is 17.6 Å². The first-order valence-electron chi connectivity index (χ1n) is 10.8. The molecule has 2 N–H and O–H groups in total. The van der Waals surface area contributed by atoms with E-state index in [2.05, 4.69) is 11.4 Å². The minimum Gasteiger partial charge on any atom is -0.466 e. The van der Waals surface area contributed by atoms with Gasteiger partial charge < -0.3 is 9.47 Å². The third-order valence-electron chi connectivity index (χ3n) is 5.46. The lowest BCUT2D eigenvalue weighted by molar-refractivity contribution is -0.170. The highest BCUT2D eigenvalue weighted by atomic mass is 35.5. The van der Waals surface area contributed by atoms with Crippen LogP contribution in [0.15, 0.2) is 60.0 Å². The second kappa shape index (κ2) is 12.8. The third-order valence-corrected chi connectivity index (χ3v) is 7.17. The van der Waals surface area contributed by atoms with Crippen molar-refractivity contribution in [1.82, 2.24) is 4.90 Å². The Morgan fingerprint density at radius 2 is 1.54 bits per heavy atom. The summed E-state index contributed by atoms with van der Waals surface area (Å²) in [7, 11) is -3.42. The molecule has 2 atom stereocenters. The van der Waals surface area contributed by atoms with Crippen LogP contribution in [-0.2, 0) is 42.4 Å². The highest BCUT2D eigenvalue weighted by Crippen LogP contribution is 2.36. The molecule has 13 heteroatoms. The number of carbonyl (C=O) groups excluding carboxylic acids is 2. The Morgan fingerprint density at radius 3 is 2.11 bits per heavy atom. The first-order chi connectivity index (χ1) is 17.5. The van der Waals surface area contributed by atoms with Crippen molar-refractivity contribution in [2.45, 2.75) is 25.1 Å². The van der Waals surface area contributed by atoms with Gasteiger partial charge in [0.1, 0.15) is 6.04 Å². The van der Waals surface area contributed by atoms with E-state index in [1.807, 2.05) is 17.0 Å². The predicted octanol–water partition coefficient (Wildman–Crippen LogP) is 4.96. The first-order valence-corrected chi connectivity index (χ1v) is 13.8. The lowest BCUT2D eigenvalue weighted by Crippen LogP contribution is -2.39. The molecule has 198 valence electrons. The molecule has 1 aliphatic rings. The average molecular weight is 588 g/mol. The van der Waals surface area contributed by atoms with Gasteiger partial charge >= 0.3 is 22.3 Å². The van der Waals surface area contributed by atoms with Gasteiger partial charge in [0.15, 0.2) is 0 Å².